The minimum Gasteiger partial charge on any atom is -0.507 e. The Balaban J connectivity index is 0.000000166. The molecule has 0 aliphatic carbocycles. The molecule has 2 heterocycles. The van der Waals surface area contributed by atoms with Crippen LogP contribution < -0.4 is 15.9 Å². The standard InChI is InChI=1S/C16H13NO2.C9H7NO2/c18-16-14-7-4-8-15(13(14)9-10-17-16)19-11-12-5-2-1-3-6-12;11-8-3-1-2-7-6(8)4-5-10-9(7)12/h1-10H,11H2,(H,17,18);1-5,11H,(H,10,12). The van der Waals surface area contributed by atoms with E-state index in [-0.39, 0.29) is 16.9 Å². The lowest BCUT2D eigenvalue weighted by Gasteiger charge is -2.08. The number of phenolic OH excluding ortho intramolecular Hbond substituents is 1. The number of H-pyrrole nitrogens is 2. The average Bonchev–Trinajstić information content (AvgIpc) is 2.80. The van der Waals surface area contributed by atoms with E-state index in [0.29, 0.717) is 22.8 Å². The first-order valence-corrected chi connectivity index (χ1v) is 9.70. The molecule has 0 spiro atoms. The molecule has 0 fully saturated rings. The molecular formula is C25H20N2O4. The van der Waals surface area contributed by atoms with Crippen LogP contribution in [0, 0.1) is 0 Å². The van der Waals surface area contributed by atoms with Crippen LogP contribution in [0.3, 0.4) is 0 Å². The van der Waals surface area contributed by atoms with Crippen LogP contribution >= 0.6 is 0 Å². The van der Waals surface area contributed by atoms with Gasteiger partial charge in [0.25, 0.3) is 11.1 Å². The van der Waals surface area contributed by atoms with Crippen molar-refractivity contribution in [2.45, 2.75) is 6.61 Å². The van der Waals surface area contributed by atoms with Crippen LogP contribution in [0.15, 0.2) is 101 Å². The van der Waals surface area contributed by atoms with Crippen molar-refractivity contribution in [1.82, 2.24) is 9.97 Å². The molecule has 0 saturated heterocycles. The minimum atomic E-state index is -0.177. The first-order chi connectivity index (χ1) is 15.1. The summed E-state index contributed by atoms with van der Waals surface area (Å²) >= 11 is 0. The molecule has 0 bridgehead atoms. The summed E-state index contributed by atoms with van der Waals surface area (Å²) in [6, 6.07) is 23.9. The number of hydrogen-bond donors (Lipinski definition) is 3. The van der Waals surface area contributed by atoms with E-state index in [1.165, 1.54) is 6.20 Å². The minimum absolute atomic E-state index is 0.0948. The molecule has 6 heteroatoms. The van der Waals surface area contributed by atoms with Gasteiger partial charge in [0.15, 0.2) is 0 Å². The molecule has 5 aromatic rings. The first-order valence-electron chi connectivity index (χ1n) is 9.70. The lowest BCUT2D eigenvalue weighted by molar-refractivity contribution is 0.310. The Labute approximate surface area is 177 Å². The van der Waals surface area contributed by atoms with Gasteiger partial charge in [0.05, 0.1) is 10.8 Å². The van der Waals surface area contributed by atoms with E-state index in [2.05, 4.69) is 9.97 Å². The second-order valence-electron chi connectivity index (χ2n) is 6.84. The number of nitrogens with one attached hydrogen (secondary N) is 2. The Morgan fingerprint density at radius 1 is 0.645 bits per heavy atom. The third-order valence-corrected chi connectivity index (χ3v) is 4.80. The summed E-state index contributed by atoms with van der Waals surface area (Å²) in [6.45, 7) is 0.493. The van der Waals surface area contributed by atoms with Gasteiger partial charge < -0.3 is 19.8 Å². The zero-order valence-electron chi connectivity index (χ0n) is 16.5. The van der Waals surface area contributed by atoms with Gasteiger partial charge >= 0.3 is 0 Å². The summed E-state index contributed by atoms with van der Waals surface area (Å²) in [5, 5.41) is 11.9. The number of ether oxygens (including phenoxy) is 1. The van der Waals surface area contributed by atoms with Gasteiger partial charge in [-0.3, -0.25) is 9.59 Å². The highest BCUT2D eigenvalue weighted by molar-refractivity contribution is 5.87. The number of pyridine rings is 2. The normalized spacial score (nSPS) is 10.5. The fraction of sp³-hybridized carbons (Fsp3) is 0.0400. The molecule has 0 radical (unpaired) electrons. The van der Waals surface area contributed by atoms with Gasteiger partial charge in [0.1, 0.15) is 18.1 Å². The van der Waals surface area contributed by atoms with Gasteiger partial charge in [0, 0.05) is 23.2 Å². The van der Waals surface area contributed by atoms with Crippen LogP contribution in [-0.2, 0) is 6.61 Å². The summed E-state index contributed by atoms with van der Waals surface area (Å²) in [5.41, 5.74) is 0.829. The molecule has 3 aromatic carbocycles. The summed E-state index contributed by atoms with van der Waals surface area (Å²) in [6.07, 6.45) is 3.16. The van der Waals surface area contributed by atoms with E-state index < -0.39 is 0 Å². The molecule has 31 heavy (non-hydrogen) atoms. The van der Waals surface area contributed by atoms with Crippen molar-refractivity contribution in [2.24, 2.45) is 0 Å². The lowest BCUT2D eigenvalue weighted by atomic mass is 10.1. The first kappa shape index (κ1) is 20.0. The molecule has 0 aliphatic heterocycles. The number of aromatic amines is 2. The Hall–Kier alpha value is -4.32. The third-order valence-electron chi connectivity index (χ3n) is 4.80. The number of aromatic nitrogens is 2. The Kier molecular flexibility index (Phi) is 5.80. The molecular weight excluding hydrogens is 392 g/mol. The summed E-state index contributed by atoms with van der Waals surface area (Å²) < 4.78 is 5.81. The quantitative estimate of drug-likeness (QED) is 0.411. The van der Waals surface area contributed by atoms with Gasteiger partial charge in [-0.15, -0.1) is 0 Å². The zero-order valence-corrected chi connectivity index (χ0v) is 16.5. The highest BCUT2D eigenvalue weighted by atomic mass is 16.5. The number of benzene rings is 3. The largest absolute Gasteiger partial charge is 0.507 e. The van der Waals surface area contributed by atoms with Gasteiger partial charge in [-0.25, -0.2) is 0 Å². The zero-order chi connectivity index (χ0) is 21.6. The highest BCUT2D eigenvalue weighted by Crippen LogP contribution is 2.23. The summed E-state index contributed by atoms with van der Waals surface area (Å²) in [7, 11) is 0. The Morgan fingerprint density at radius 3 is 1.94 bits per heavy atom. The number of rotatable bonds is 3. The van der Waals surface area contributed by atoms with E-state index in [4.69, 9.17) is 4.74 Å². The van der Waals surface area contributed by atoms with Gasteiger partial charge in [-0.2, -0.15) is 0 Å². The van der Waals surface area contributed by atoms with Crippen molar-refractivity contribution < 1.29 is 9.84 Å². The Morgan fingerprint density at radius 2 is 1.26 bits per heavy atom. The monoisotopic (exact) mass is 412 g/mol. The molecule has 2 aromatic heterocycles. The Bertz CT molecular complexity index is 1440. The van der Waals surface area contributed by atoms with E-state index in [0.717, 1.165) is 16.7 Å². The molecule has 0 unspecified atom stereocenters. The average molecular weight is 412 g/mol. The smallest absolute Gasteiger partial charge is 0.255 e. The number of aromatic hydroxyl groups is 1. The third kappa shape index (κ3) is 4.48. The summed E-state index contributed by atoms with van der Waals surface area (Å²) in [4.78, 5) is 28.1. The topological polar surface area (TPSA) is 95.2 Å². The van der Waals surface area contributed by atoms with Gasteiger partial charge in [0.2, 0.25) is 0 Å². The van der Waals surface area contributed by atoms with Crippen molar-refractivity contribution in [3.8, 4) is 11.5 Å². The van der Waals surface area contributed by atoms with Gasteiger partial charge in [-0.05, 0) is 42.0 Å². The maximum atomic E-state index is 11.7. The SMILES string of the molecule is O=c1[nH]ccc2c(O)cccc12.O=c1[nH]ccc2c(OCc3ccccc3)cccc12. The lowest BCUT2D eigenvalue weighted by Crippen LogP contribution is -2.05. The molecule has 0 atom stereocenters. The maximum absolute atomic E-state index is 11.7. The predicted octanol–water partition coefficient (Wildman–Crippen LogP) is 4.34. The number of phenols is 1. The number of fused-ring (bicyclic) bond motifs is 2. The van der Waals surface area contributed by atoms with E-state index >= 15 is 0 Å². The number of hydrogen-bond acceptors (Lipinski definition) is 4. The fourth-order valence-electron chi connectivity index (χ4n) is 3.26. The van der Waals surface area contributed by atoms with E-state index in [9.17, 15) is 14.7 Å². The van der Waals surface area contributed by atoms with Crippen molar-refractivity contribution in [3.05, 3.63) is 118 Å². The second kappa shape index (κ2) is 9.00. The fourth-order valence-corrected chi connectivity index (χ4v) is 3.26. The van der Waals surface area contributed by atoms with Crippen LogP contribution in [0.2, 0.25) is 0 Å². The van der Waals surface area contributed by atoms with Gasteiger partial charge in [-0.1, -0.05) is 42.5 Å². The predicted molar refractivity (Wildman–Crippen MR) is 122 cm³/mol. The molecule has 154 valence electrons. The van der Waals surface area contributed by atoms with Crippen molar-refractivity contribution >= 4 is 21.5 Å². The van der Waals surface area contributed by atoms with Crippen LogP contribution in [-0.4, -0.2) is 15.1 Å². The van der Waals surface area contributed by atoms with Crippen molar-refractivity contribution in [3.63, 3.8) is 0 Å². The molecule has 0 aliphatic rings. The highest BCUT2D eigenvalue weighted by Gasteiger charge is 2.04. The van der Waals surface area contributed by atoms with Crippen molar-refractivity contribution in [2.75, 3.05) is 0 Å². The van der Waals surface area contributed by atoms with Crippen LogP contribution in [0.4, 0.5) is 0 Å². The molecule has 5 rings (SSSR count). The molecule has 0 saturated carbocycles. The van der Waals surface area contributed by atoms with Crippen LogP contribution in [0.25, 0.3) is 21.5 Å². The van der Waals surface area contributed by atoms with Crippen LogP contribution in [0.5, 0.6) is 11.5 Å². The molecule has 3 N–H and O–H groups in total. The van der Waals surface area contributed by atoms with E-state index in [1.807, 2.05) is 48.5 Å². The van der Waals surface area contributed by atoms with Crippen molar-refractivity contribution in [1.29, 1.82) is 0 Å². The summed E-state index contributed by atoms with van der Waals surface area (Å²) in [5.74, 6) is 0.867. The van der Waals surface area contributed by atoms with Crippen LogP contribution in [0.1, 0.15) is 5.56 Å². The van der Waals surface area contributed by atoms with E-state index in [1.54, 1.807) is 36.5 Å². The molecule has 6 nitrogen and oxygen atoms in total. The second-order valence-corrected chi connectivity index (χ2v) is 6.84. The maximum Gasteiger partial charge on any atom is 0.255 e. The molecule has 0 amide bonds.